The van der Waals surface area contributed by atoms with Crippen LogP contribution >= 0.6 is 11.3 Å². The fourth-order valence-electron chi connectivity index (χ4n) is 7.97. The quantitative estimate of drug-likeness (QED) is 0.190. The molecule has 0 aliphatic carbocycles. The third kappa shape index (κ3) is 3.91. The van der Waals surface area contributed by atoms with Gasteiger partial charge in [0.1, 0.15) is 0 Å². The van der Waals surface area contributed by atoms with E-state index < -0.39 is 0 Å². The highest BCUT2D eigenvalue weighted by Crippen LogP contribution is 2.49. The average Bonchev–Trinajstić information content (AvgIpc) is 3.75. The van der Waals surface area contributed by atoms with E-state index in [0.29, 0.717) is 0 Å². The first-order valence-corrected chi connectivity index (χ1v) is 17.7. The SMILES string of the molecule is c1ccc(-c2nc(-c3ccc(-n4c5c6ccccc6ccc5c5c6ccccc6c6c7ccccc7sc6c54)cc3)nc3ccccc23)cc1. The normalized spacial score (nSPS) is 12.0. The number of aromatic nitrogens is 3. The zero-order valence-electron chi connectivity index (χ0n) is 26.8. The molecule has 0 unspecified atom stereocenters. The van der Waals surface area contributed by atoms with Crippen molar-refractivity contribution in [3.8, 4) is 28.3 Å². The van der Waals surface area contributed by atoms with Gasteiger partial charge in [-0.15, -0.1) is 11.3 Å². The summed E-state index contributed by atoms with van der Waals surface area (Å²) in [6.45, 7) is 0. The van der Waals surface area contributed by atoms with Crippen molar-refractivity contribution in [1.82, 2.24) is 14.5 Å². The maximum Gasteiger partial charge on any atom is 0.160 e. The predicted molar refractivity (Wildman–Crippen MR) is 213 cm³/mol. The molecule has 0 saturated carbocycles. The lowest BCUT2D eigenvalue weighted by molar-refractivity contribution is 1.19. The van der Waals surface area contributed by atoms with Crippen LogP contribution < -0.4 is 0 Å². The minimum atomic E-state index is 0.722. The molecule has 0 fully saturated rings. The fraction of sp³-hybridized carbons (Fsp3) is 0. The molecule has 0 bridgehead atoms. The van der Waals surface area contributed by atoms with Gasteiger partial charge < -0.3 is 4.57 Å². The van der Waals surface area contributed by atoms with Crippen LogP contribution in [0.5, 0.6) is 0 Å². The maximum absolute atomic E-state index is 5.16. The number of nitrogens with zero attached hydrogens (tertiary/aromatic N) is 3. The highest BCUT2D eigenvalue weighted by molar-refractivity contribution is 7.27. The van der Waals surface area contributed by atoms with Gasteiger partial charge >= 0.3 is 0 Å². The molecule has 0 aliphatic heterocycles. The number of rotatable bonds is 3. The number of fused-ring (bicyclic) bond motifs is 13. The molecule has 232 valence electrons. The van der Waals surface area contributed by atoms with Crippen LogP contribution in [0, 0.1) is 0 Å². The molecule has 3 aromatic heterocycles. The van der Waals surface area contributed by atoms with Crippen molar-refractivity contribution in [2.75, 3.05) is 0 Å². The van der Waals surface area contributed by atoms with Crippen molar-refractivity contribution >= 4 is 85.8 Å². The Morgan fingerprint density at radius 1 is 0.420 bits per heavy atom. The van der Waals surface area contributed by atoms with Crippen LogP contribution in [0.3, 0.4) is 0 Å². The molecule has 8 aromatic carbocycles. The van der Waals surface area contributed by atoms with E-state index in [1.54, 1.807) is 0 Å². The summed E-state index contributed by atoms with van der Waals surface area (Å²) in [6, 6.07) is 58.7. The first kappa shape index (κ1) is 27.6. The van der Waals surface area contributed by atoms with E-state index in [2.05, 4.69) is 156 Å². The van der Waals surface area contributed by atoms with Crippen LogP contribution in [0.4, 0.5) is 0 Å². The van der Waals surface area contributed by atoms with Gasteiger partial charge in [-0.1, -0.05) is 127 Å². The Kier molecular flexibility index (Phi) is 5.83. The summed E-state index contributed by atoms with van der Waals surface area (Å²) in [4.78, 5) is 10.2. The second-order valence-electron chi connectivity index (χ2n) is 12.9. The third-order valence-corrected chi connectivity index (χ3v) is 11.3. The molecule has 3 nitrogen and oxygen atoms in total. The van der Waals surface area contributed by atoms with Crippen LogP contribution in [0.2, 0.25) is 0 Å². The molecular formula is C46H27N3S. The Bertz CT molecular complexity index is 3140. The van der Waals surface area contributed by atoms with E-state index in [4.69, 9.17) is 9.97 Å². The maximum atomic E-state index is 5.16. The van der Waals surface area contributed by atoms with Gasteiger partial charge in [0.05, 0.1) is 26.9 Å². The zero-order valence-corrected chi connectivity index (χ0v) is 27.7. The van der Waals surface area contributed by atoms with Crippen molar-refractivity contribution in [1.29, 1.82) is 0 Å². The summed E-state index contributed by atoms with van der Waals surface area (Å²) in [5.74, 6) is 0.722. The van der Waals surface area contributed by atoms with Crippen LogP contribution in [-0.4, -0.2) is 14.5 Å². The van der Waals surface area contributed by atoms with Gasteiger partial charge in [0.15, 0.2) is 5.82 Å². The molecule has 3 heterocycles. The molecule has 0 amide bonds. The van der Waals surface area contributed by atoms with Crippen molar-refractivity contribution in [2.45, 2.75) is 0 Å². The molecule has 0 saturated heterocycles. The first-order valence-electron chi connectivity index (χ1n) is 16.9. The highest BCUT2D eigenvalue weighted by Gasteiger charge is 2.23. The Morgan fingerprint density at radius 3 is 1.90 bits per heavy atom. The summed E-state index contributed by atoms with van der Waals surface area (Å²) < 4.78 is 5.13. The lowest BCUT2D eigenvalue weighted by Gasteiger charge is -2.13. The summed E-state index contributed by atoms with van der Waals surface area (Å²) in [7, 11) is 0. The van der Waals surface area contributed by atoms with E-state index in [-0.39, 0.29) is 0 Å². The topological polar surface area (TPSA) is 30.7 Å². The number of para-hydroxylation sites is 1. The van der Waals surface area contributed by atoms with Crippen molar-refractivity contribution < 1.29 is 0 Å². The minimum absolute atomic E-state index is 0.722. The van der Waals surface area contributed by atoms with Crippen LogP contribution in [-0.2, 0) is 0 Å². The smallest absolute Gasteiger partial charge is 0.160 e. The summed E-state index contributed by atoms with van der Waals surface area (Å²) in [5.41, 5.74) is 7.56. The summed E-state index contributed by atoms with van der Waals surface area (Å²) >= 11 is 1.90. The molecular weight excluding hydrogens is 627 g/mol. The number of benzene rings is 8. The Morgan fingerprint density at radius 2 is 1.08 bits per heavy atom. The number of hydrogen-bond acceptors (Lipinski definition) is 3. The van der Waals surface area contributed by atoms with E-state index in [1.165, 1.54) is 63.5 Å². The molecule has 0 N–H and O–H groups in total. The second-order valence-corrected chi connectivity index (χ2v) is 14.0. The largest absolute Gasteiger partial charge is 0.307 e. The molecule has 11 aromatic rings. The molecule has 0 aliphatic rings. The van der Waals surface area contributed by atoms with E-state index in [1.807, 2.05) is 23.5 Å². The van der Waals surface area contributed by atoms with E-state index in [9.17, 15) is 0 Å². The van der Waals surface area contributed by atoms with Gasteiger partial charge in [-0.05, 0) is 52.6 Å². The van der Waals surface area contributed by atoms with Gasteiger partial charge in [-0.2, -0.15) is 0 Å². The van der Waals surface area contributed by atoms with Crippen molar-refractivity contribution in [3.63, 3.8) is 0 Å². The summed E-state index contributed by atoms with van der Waals surface area (Å²) in [6.07, 6.45) is 0. The Labute approximate surface area is 291 Å². The molecule has 0 radical (unpaired) electrons. The molecule has 4 heteroatoms. The number of thiophene rings is 1. The Hall–Kier alpha value is -6.36. The second kappa shape index (κ2) is 10.6. The van der Waals surface area contributed by atoms with Crippen LogP contribution in [0.15, 0.2) is 164 Å². The highest BCUT2D eigenvalue weighted by atomic mass is 32.1. The van der Waals surface area contributed by atoms with Gasteiger partial charge in [-0.25, -0.2) is 9.97 Å². The molecule has 50 heavy (non-hydrogen) atoms. The molecule has 0 atom stereocenters. The van der Waals surface area contributed by atoms with Crippen LogP contribution in [0.25, 0.3) is 103 Å². The fourth-order valence-corrected chi connectivity index (χ4v) is 9.23. The van der Waals surface area contributed by atoms with E-state index in [0.717, 1.165) is 39.2 Å². The lowest BCUT2D eigenvalue weighted by Crippen LogP contribution is -1.97. The Balaban J connectivity index is 1.22. The first-order chi connectivity index (χ1) is 24.8. The molecule has 11 rings (SSSR count). The summed E-state index contributed by atoms with van der Waals surface area (Å²) in [5, 5.41) is 11.3. The minimum Gasteiger partial charge on any atom is -0.307 e. The van der Waals surface area contributed by atoms with E-state index >= 15 is 0 Å². The van der Waals surface area contributed by atoms with Gasteiger partial charge in [-0.3, -0.25) is 0 Å². The standard InChI is InChI=1S/C46H27N3S/c1-2-13-29(14-3-1)42-35-18-8-10-20-38(35)47-46(48-42)30-22-25-31(26-23-30)49-43-32-15-5-4-12-28(32)24-27-37(43)40-33-16-6-7-17-34(33)41-36-19-9-11-21-39(36)50-45(41)44(40)49/h1-27H. The van der Waals surface area contributed by atoms with Gasteiger partial charge in [0.2, 0.25) is 0 Å². The lowest BCUT2D eigenvalue weighted by atomic mass is 9.98. The predicted octanol–water partition coefficient (Wildman–Crippen LogP) is 12.7. The monoisotopic (exact) mass is 653 g/mol. The third-order valence-electron chi connectivity index (χ3n) is 10.2. The van der Waals surface area contributed by atoms with Crippen molar-refractivity contribution in [3.05, 3.63) is 164 Å². The van der Waals surface area contributed by atoms with Crippen molar-refractivity contribution in [2.24, 2.45) is 0 Å². The van der Waals surface area contributed by atoms with Crippen LogP contribution in [0.1, 0.15) is 0 Å². The number of hydrogen-bond donors (Lipinski definition) is 0. The van der Waals surface area contributed by atoms with Gasteiger partial charge in [0.25, 0.3) is 0 Å². The molecule has 0 spiro atoms. The average molecular weight is 654 g/mol. The van der Waals surface area contributed by atoms with Gasteiger partial charge in [0, 0.05) is 53.8 Å². The zero-order chi connectivity index (χ0) is 32.8.